The van der Waals surface area contributed by atoms with E-state index in [0.717, 1.165) is 38.5 Å². The zero-order chi connectivity index (χ0) is 13.7. The number of hydrogen-bond donors (Lipinski definition) is 3. The monoisotopic (exact) mass is 264 g/mol. The molecule has 1 saturated carbocycles. The fourth-order valence-electron chi connectivity index (χ4n) is 2.48. The first-order valence-electron chi connectivity index (χ1n) is 6.79. The number of nitrogens with one attached hydrogen (secondary N) is 2. The number of carbonyl (C=O) groups is 1. The van der Waals surface area contributed by atoms with E-state index in [2.05, 4.69) is 10.3 Å². The lowest BCUT2D eigenvalue weighted by Crippen LogP contribution is -2.43. The number of pyridine rings is 1. The Morgan fingerprint density at radius 3 is 2.58 bits per heavy atom. The van der Waals surface area contributed by atoms with E-state index in [1.54, 1.807) is 6.07 Å². The molecule has 2 rings (SSSR count). The first-order chi connectivity index (χ1) is 9.09. The van der Waals surface area contributed by atoms with Crippen LogP contribution in [-0.2, 0) is 0 Å². The standard InChI is InChI=1S/C14H20N2O3/c17-12-7-5-6-11(16-12)13(18)15-10-14(19)8-3-1-2-4-9-14/h5-7,19H,1-4,8-10H2,(H,15,18)(H,16,17). The van der Waals surface area contributed by atoms with E-state index in [9.17, 15) is 14.7 Å². The molecule has 19 heavy (non-hydrogen) atoms. The number of aliphatic hydroxyl groups is 1. The van der Waals surface area contributed by atoms with Crippen LogP contribution in [0.4, 0.5) is 0 Å². The predicted octanol–water partition coefficient (Wildman–Crippen LogP) is 1.19. The molecule has 1 aliphatic rings. The minimum atomic E-state index is -0.804. The van der Waals surface area contributed by atoms with Crippen molar-refractivity contribution in [2.45, 2.75) is 44.1 Å². The number of H-pyrrole nitrogens is 1. The van der Waals surface area contributed by atoms with E-state index < -0.39 is 5.60 Å². The topological polar surface area (TPSA) is 82.2 Å². The Balaban J connectivity index is 1.94. The number of carbonyl (C=O) groups excluding carboxylic acids is 1. The van der Waals surface area contributed by atoms with E-state index >= 15 is 0 Å². The molecule has 5 heteroatoms. The van der Waals surface area contributed by atoms with Crippen molar-refractivity contribution in [3.63, 3.8) is 0 Å². The van der Waals surface area contributed by atoms with Crippen LogP contribution in [0.5, 0.6) is 0 Å². The number of hydrogen-bond acceptors (Lipinski definition) is 3. The molecule has 1 fully saturated rings. The maximum Gasteiger partial charge on any atom is 0.267 e. The van der Waals surface area contributed by atoms with Crippen molar-refractivity contribution in [2.75, 3.05) is 6.54 Å². The molecule has 1 aromatic rings. The third-order valence-corrected chi connectivity index (χ3v) is 3.63. The molecule has 0 aromatic carbocycles. The molecule has 104 valence electrons. The Kier molecular flexibility index (Phi) is 4.37. The van der Waals surface area contributed by atoms with Crippen molar-refractivity contribution < 1.29 is 9.90 Å². The molecule has 1 aliphatic carbocycles. The Labute approximate surface area is 112 Å². The Hall–Kier alpha value is -1.62. The van der Waals surface area contributed by atoms with Crippen molar-refractivity contribution >= 4 is 5.91 Å². The second kappa shape index (κ2) is 6.02. The fraction of sp³-hybridized carbons (Fsp3) is 0.571. The van der Waals surface area contributed by atoms with Gasteiger partial charge >= 0.3 is 0 Å². The summed E-state index contributed by atoms with van der Waals surface area (Å²) in [6.07, 6.45) is 5.71. The van der Waals surface area contributed by atoms with Gasteiger partial charge in [-0.1, -0.05) is 31.7 Å². The van der Waals surface area contributed by atoms with Crippen molar-refractivity contribution in [3.05, 3.63) is 34.2 Å². The highest BCUT2D eigenvalue weighted by molar-refractivity contribution is 5.92. The van der Waals surface area contributed by atoms with E-state index in [1.165, 1.54) is 12.1 Å². The van der Waals surface area contributed by atoms with Crippen LogP contribution in [0, 0.1) is 0 Å². The van der Waals surface area contributed by atoms with Crippen LogP contribution in [0.25, 0.3) is 0 Å². The SMILES string of the molecule is O=C(NCC1(O)CCCCCC1)c1cccc(=O)[nH]1. The summed E-state index contributed by atoms with van der Waals surface area (Å²) in [4.78, 5) is 25.5. The molecule has 0 unspecified atom stereocenters. The molecule has 0 bridgehead atoms. The summed E-state index contributed by atoms with van der Waals surface area (Å²) in [5.74, 6) is -0.352. The summed E-state index contributed by atoms with van der Waals surface area (Å²) in [6.45, 7) is 0.239. The van der Waals surface area contributed by atoms with Crippen LogP contribution in [0.2, 0.25) is 0 Å². The number of aromatic nitrogens is 1. The highest BCUT2D eigenvalue weighted by Crippen LogP contribution is 2.26. The predicted molar refractivity (Wildman–Crippen MR) is 72.0 cm³/mol. The van der Waals surface area contributed by atoms with Crippen molar-refractivity contribution in [1.82, 2.24) is 10.3 Å². The van der Waals surface area contributed by atoms with E-state index in [4.69, 9.17) is 0 Å². The molecule has 0 saturated heterocycles. The molecule has 0 aliphatic heterocycles. The summed E-state index contributed by atoms with van der Waals surface area (Å²) < 4.78 is 0. The van der Waals surface area contributed by atoms with Gasteiger partial charge in [0.1, 0.15) is 5.69 Å². The van der Waals surface area contributed by atoms with Crippen LogP contribution in [0.3, 0.4) is 0 Å². The molecule has 5 nitrogen and oxygen atoms in total. The van der Waals surface area contributed by atoms with E-state index in [1.807, 2.05) is 0 Å². The van der Waals surface area contributed by atoms with Gasteiger partial charge in [-0.25, -0.2) is 0 Å². The normalized spacial score (nSPS) is 18.6. The van der Waals surface area contributed by atoms with Crippen molar-refractivity contribution in [2.24, 2.45) is 0 Å². The highest BCUT2D eigenvalue weighted by Gasteiger charge is 2.28. The van der Waals surface area contributed by atoms with Gasteiger partial charge in [-0.15, -0.1) is 0 Å². The molecular formula is C14H20N2O3. The molecule has 0 spiro atoms. The quantitative estimate of drug-likeness (QED) is 0.717. The minimum Gasteiger partial charge on any atom is -0.388 e. The maximum absolute atomic E-state index is 11.9. The van der Waals surface area contributed by atoms with Gasteiger partial charge < -0.3 is 15.4 Å². The number of amides is 1. The Bertz CT molecular complexity index is 487. The smallest absolute Gasteiger partial charge is 0.267 e. The third kappa shape index (κ3) is 3.92. The first-order valence-corrected chi connectivity index (χ1v) is 6.79. The van der Waals surface area contributed by atoms with Gasteiger partial charge in [-0.2, -0.15) is 0 Å². The zero-order valence-electron chi connectivity index (χ0n) is 10.9. The Morgan fingerprint density at radius 1 is 1.26 bits per heavy atom. The molecule has 0 radical (unpaired) electrons. The van der Waals surface area contributed by atoms with Gasteiger partial charge in [-0.05, 0) is 18.9 Å². The second-order valence-electron chi connectivity index (χ2n) is 5.25. The first kappa shape index (κ1) is 13.8. The lowest BCUT2D eigenvalue weighted by atomic mass is 9.94. The van der Waals surface area contributed by atoms with Gasteiger partial charge in [0, 0.05) is 12.6 Å². The summed E-state index contributed by atoms with van der Waals surface area (Å²) in [7, 11) is 0. The molecule has 3 N–H and O–H groups in total. The Morgan fingerprint density at radius 2 is 1.95 bits per heavy atom. The van der Waals surface area contributed by atoms with Crippen LogP contribution in [0.15, 0.2) is 23.0 Å². The van der Waals surface area contributed by atoms with Crippen molar-refractivity contribution in [3.8, 4) is 0 Å². The maximum atomic E-state index is 11.9. The zero-order valence-corrected chi connectivity index (χ0v) is 10.9. The molecule has 1 heterocycles. The van der Waals surface area contributed by atoms with Crippen LogP contribution in [-0.4, -0.2) is 28.1 Å². The average Bonchev–Trinajstić information content (AvgIpc) is 2.61. The van der Waals surface area contributed by atoms with Crippen LogP contribution < -0.4 is 10.9 Å². The van der Waals surface area contributed by atoms with Gasteiger partial charge in [0.15, 0.2) is 0 Å². The van der Waals surface area contributed by atoms with Crippen LogP contribution in [0.1, 0.15) is 49.0 Å². The van der Waals surface area contributed by atoms with E-state index in [0.29, 0.717) is 0 Å². The fourth-order valence-corrected chi connectivity index (χ4v) is 2.48. The van der Waals surface area contributed by atoms with Crippen molar-refractivity contribution in [1.29, 1.82) is 0 Å². The van der Waals surface area contributed by atoms with Gasteiger partial charge in [0.25, 0.3) is 5.91 Å². The molecular weight excluding hydrogens is 244 g/mol. The minimum absolute atomic E-state index is 0.227. The lowest BCUT2D eigenvalue weighted by molar-refractivity contribution is 0.0246. The highest BCUT2D eigenvalue weighted by atomic mass is 16.3. The average molecular weight is 264 g/mol. The largest absolute Gasteiger partial charge is 0.388 e. The van der Waals surface area contributed by atoms with Gasteiger partial charge in [0.05, 0.1) is 5.60 Å². The third-order valence-electron chi connectivity index (χ3n) is 3.63. The molecule has 1 amide bonds. The number of rotatable bonds is 3. The van der Waals surface area contributed by atoms with Gasteiger partial charge in [0.2, 0.25) is 5.56 Å². The van der Waals surface area contributed by atoms with E-state index in [-0.39, 0.29) is 23.7 Å². The summed E-state index contributed by atoms with van der Waals surface area (Å²) in [5.41, 5.74) is -0.883. The molecule has 1 aromatic heterocycles. The van der Waals surface area contributed by atoms with Crippen LogP contribution >= 0.6 is 0 Å². The number of aromatic amines is 1. The summed E-state index contributed by atoms with van der Waals surface area (Å²) in [5, 5.41) is 13.1. The molecule has 0 atom stereocenters. The summed E-state index contributed by atoms with van der Waals surface area (Å²) >= 11 is 0. The second-order valence-corrected chi connectivity index (χ2v) is 5.25. The summed E-state index contributed by atoms with van der Waals surface area (Å²) in [6, 6.07) is 4.44. The lowest BCUT2D eigenvalue weighted by Gasteiger charge is -2.26. The van der Waals surface area contributed by atoms with Gasteiger partial charge in [-0.3, -0.25) is 9.59 Å².